The van der Waals surface area contributed by atoms with Crippen molar-refractivity contribution in [3.8, 4) is 0 Å². The van der Waals surface area contributed by atoms with Crippen LogP contribution >= 0.6 is 0 Å². The molecule has 3 heteroatoms. The maximum atomic E-state index is 5.51. The van der Waals surface area contributed by atoms with E-state index >= 15 is 0 Å². The fourth-order valence-corrected chi connectivity index (χ4v) is 2.26. The Balaban J connectivity index is 2.15. The molecule has 96 valence electrons. The standard InChI is InChI=1S/C13H27NO2/c1-4-15-13(16-5-2)10-14-12-8-6-11(3)7-9-12/h11-14H,4-10H2,1-3H3. The van der Waals surface area contributed by atoms with Crippen molar-refractivity contribution in [1.29, 1.82) is 0 Å². The summed E-state index contributed by atoms with van der Waals surface area (Å²) in [4.78, 5) is 0. The Labute approximate surface area is 99.9 Å². The molecule has 1 fully saturated rings. The molecule has 0 aromatic heterocycles. The quantitative estimate of drug-likeness (QED) is 0.681. The Bertz CT molecular complexity index is 161. The van der Waals surface area contributed by atoms with Crippen molar-refractivity contribution in [2.24, 2.45) is 5.92 Å². The summed E-state index contributed by atoms with van der Waals surface area (Å²) in [5.41, 5.74) is 0. The van der Waals surface area contributed by atoms with E-state index in [4.69, 9.17) is 9.47 Å². The topological polar surface area (TPSA) is 30.5 Å². The Morgan fingerprint density at radius 3 is 2.12 bits per heavy atom. The molecule has 1 rings (SSSR count). The molecule has 0 heterocycles. The first-order valence-corrected chi connectivity index (χ1v) is 6.72. The molecule has 0 spiro atoms. The van der Waals surface area contributed by atoms with E-state index in [2.05, 4.69) is 12.2 Å². The molecule has 0 aliphatic heterocycles. The molecule has 1 aliphatic carbocycles. The second kappa shape index (κ2) is 8.04. The first kappa shape index (κ1) is 13.9. The van der Waals surface area contributed by atoms with Crippen LogP contribution in [0, 0.1) is 5.92 Å². The van der Waals surface area contributed by atoms with Crippen LogP contribution in [0.3, 0.4) is 0 Å². The lowest BCUT2D eigenvalue weighted by Crippen LogP contribution is -2.39. The van der Waals surface area contributed by atoms with E-state index in [0.717, 1.165) is 12.5 Å². The fourth-order valence-electron chi connectivity index (χ4n) is 2.26. The highest BCUT2D eigenvalue weighted by molar-refractivity contribution is 4.75. The summed E-state index contributed by atoms with van der Waals surface area (Å²) in [6.07, 6.45) is 5.23. The molecule has 0 amide bonds. The normalized spacial score (nSPS) is 26.2. The van der Waals surface area contributed by atoms with Gasteiger partial charge >= 0.3 is 0 Å². The van der Waals surface area contributed by atoms with E-state index < -0.39 is 0 Å². The number of ether oxygens (including phenoxy) is 2. The van der Waals surface area contributed by atoms with Crippen LogP contribution in [-0.4, -0.2) is 32.1 Å². The third-order valence-corrected chi connectivity index (χ3v) is 3.29. The maximum Gasteiger partial charge on any atom is 0.169 e. The predicted octanol–water partition coefficient (Wildman–Crippen LogP) is 2.55. The third kappa shape index (κ3) is 5.28. The molecule has 0 saturated heterocycles. The van der Waals surface area contributed by atoms with Gasteiger partial charge in [0.1, 0.15) is 0 Å². The van der Waals surface area contributed by atoms with Crippen LogP contribution in [0.2, 0.25) is 0 Å². The second-order valence-corrected chi connectivity index (χ2v) is 4.71. The summed E-state index contributed by atoms with van der Waals surface area (Å²) in [6, 6.07) is 0.666. The fraction of sp³-hybridized carbons (Fsp3) is 1.00. The van der Waals surface area contributed by atoms with Gasteiger partial charge in [-0.1, -0.05) is 6.92 Å². The first-order valence-electron chi connectivity index (χ1n) is 6.72. The molecule has 0 aromatic rings. The van der Waals surface area contributed by atoms with Crippen molar-refractivity contribution in [2.75, 3.05) is 19.8 Å². The van der Waals surface area contributed by atoms with Gasteiger partial charge in [-0.15, -0.1) is 0 Å². The first-order chi connectivity index (χ1) is 7.76. The van der Waals surface area contributed by atoms with Crippen LogP contribution in [-0.2, 0) is 9.47 Å². The van der Waals surface area contributed by atoms with E-state index in [9.17, 15) is 0 Å². The van der Waals surface area contributed by atoms with Gasteiger partial charge in [-0.25, -0.2) is 0 Å². The summed E-state index contributed by atoms with van der Waals surface area (Å²) in [7, 11) is 0. The number of nitrogens with one attached hydrogen (secondary N) is 1. The lowest BCUT2D eigenvalue weighted by molar-refractivity contribution is -0.134. The molecular weight excluding hydrogens is 202 g/mol. The van der Waals surface area contributed by atoms with E-state index in [-0.39, 0.29) is 6.29 Å². The van der Waals surface area contributed by atoms with Crippen LogP contribution in [0.4, 0.5) is 0 Å². The van der Waals surface area contributed by atoms with Gasteiger partial charge in [0.2, 0.25) is 0 Å². The molecule has 3 nitrogen and oxygen atoms in total. The highest BCUT2D eigenvalue weighted by atomic mass is 16.7. The van der Waals surface area contributed by atoms with E-state index in [1.165, 1.54) is 25.7 Å². The lowest BCUT2D eigenvalue weighted by atomic mass is 9.87. The van der Waals surface area contributed by atoms with Gasteiger partial charge in [0.15, 0.2) is 6.29 Å². The van der Waals surface area contributed by atoms with E-state index in [0.29, 0.717) is 19.3 Å². The molecule has 1 aliphatic rings. The summed E-state index contributed by atoms with van der Waals surface area (Å²) >= 11 is 0. The smallest absolute Gasteiger partial charge is 0.169 e. The Hall–Kier alpha value is -0.120. The van der Waals surface area contributed by atoms with Gasteiger partial charge < -0.3 is 14.8 Å². The average Bonchev–Trinajstić information content (AvgIpc) is 2.29. The van der Waals surface area contributed by atoms with Gasteiger partial charge in [-0.05, 0) is 45.4 Å². The summed E-state index contributed by atoms with van der Waals surface area (Å²) in [5, 5.41) is 3.56. The Morgan fingerprint density at radius 1 is 1.06 bits per heavy atom. The van der Waals surface area contributed by atoms with Gasteiger partial charge in [0, 0.05) is 25.8 Å². The zero-order valence-electron chi connectivity index (χ0n) is 11.0. The van der Waals surface area contributed by atoms with Crippen LogP contribution < -0.4 is 5.32 Å². The van der Waals surface area contributed by atoms with Crippen molar-refractivity contribution in [3.05, 3.63) is 0 Å². The van der Waals surface area contributed by atoms with Crippen molar-refractivity contribution in [2.45, 2.75) is 58.8 Å². The van der Waals surface area contributed by atoms with Crippen molar-refractivity contribution in [1.82, 2.24) is 5.32 Å². The summed E-state index contributed by atoms with van der Waals surface area (Å²) in [6.45, 7) is 8.62. The zero-order valence-corrected chi connectivity index (χ0v) is 11.0. The predicted molar refractivity (Wildman–Crippen MR) is 66.5 cm³/mol. The molecule has 16 heavy (non-hydrogen) atoms. The van der Waals surface area contributed by atoms with Crippen LogP contribution in [0.15, 0.2) is 0 Å². The molecule has 0 atom stereocenters. The SMILES string of the molecule is CCOC(CNC1CCC(C)CC1)OCC. The Morgan fingerprint density at radius 2 is 1.62 bits per heavy atom. The molecule has 1 N–H and O–H groups in total. The maximum absolute atomic E-state index is 5.51. The van der Waals surface area contributed by atoms with Crippen molar-refractivity contribution >= 4 is 0 Å². The van der Waals surface area contributed by atoms with Crippen molar-refractivity contribution in [3.63, 3.8) is 0 Å². The minimum absolute atomic E-state index is 0.0747. The zero-order chi connectivity index (χ0) is 11.8. The van der Waals surface area contributed by atoms with E-state index in [1.54, 1.807) is 0 Å². The molecule has 0 unspecified atom stereocenters. The van der Waals surface area contributed by atoms with Crippen LogP contribution in [0.5, 0.6) is 0 Å². The number of rotatable bonds is 7. The van der Waals surface area contributed by atoms with E-state index in [1.807, 2.05) is 13.8 Å². The lowest BCUT2D eigenvalue weighted by Gasteiger charge is -2.28. The van der Waals surface area contributed by atoms with Gasteiger partial charge in [0.05, 0.1) is 0 Å². The molecule has 1 saturated carbocycles. The van der Waals surface area contributed by atoms with Crippen LogP contribution in [0.1, 0.15) is 46.5 Å². The number of hydrogen-bond donors (Lipinski definition) is 1. The molecular formula is C13H27NO2. The number of hydrogen-bond acceptors (Lipinski definition) is 3. The minimum atomic E-state index is -0.0747. The monoisotopic (exact) mass is 229 g/mol. The Kier molecular flexibility index (Phi) is 7.01. The molecule has 0 radical (unpaired) electrons. The highest BCUT2D eigenvalue weighted by Crippen LogP contribution is 2.23. The van der Waals surface area contributed by atoms with Crippen LogP contribution in [0.25, 0.3) is 0 Å². The van der Waals surface area contributed by atoms with Crippen molar-refractivity contribution < 1.29 is 9.47 Å². The third-order valence-electron chi connectivity index (χ3n) is 3.29. The molecule has 0 aromatic carbocycles. The van der Waals surface area contributed by atoms with Gasteiger partial charge in [-0.2, -0.15) is 0 Å². The minimum Gasteiger partial charge on any atom is -0.352 e. The molecule has 0 bridgehead atoms. The average molecular weight is 229 g/mol. The summed E-state index contributed by atoms with van der Waals surface area (Å²) in [5.74, 6) is 0.910. The second-order valence-electron chi connectivity index (χ2n) is 4.71. The van der Waals surface area contributed by atoms with Gasteiger partial charge in [-0.3, -0.25) is 0 Å². The summed E-state index contributed by atoms with van der Waals surface area (Å²) < 4.78 is 11.0. The van der Waals surface area contributed by atoms with Gasteiger partial charge in [0.25, 0.3) is 0 Å². The highest BCUT2D eigenvalue weighted by Gasteiger charge is 2.19. The largest absolute Gasteiger partial charge is 0.352 e.